The molecule has 2 aliphatic heterocycles. The van der Waals surface area contributed by atoms with Crippen molar-refractivity contribution in [1.82, 2.24) is 14.5 Å². The molecule has 0 N–H and O–H groups in total. The number of fused-ring (bicyclic) bond motifs is 1. The molecule has 1 atom stereocenters. The van der Waals surface area contributed by atoms with Crippen LogP contribution in [0.4, 0.5) is 24.7 Å². The van der Waals surface area contributed by atoms with Gasteiger partial charge in [0.05, 0.1) is 12.1 Å². The highest BCUT2D eigenvalue weighted by molar-refractivity contribution is 5.58. The van der Waals surface area contributed by atoms with Gasteiger partial charge in [0.25, 0.3) is 0 Å². The number of hydrogen-bond acceptors (Lipinski definition) is 8. The molecule has 6 rings (SSSR count). The molecule has 0 unspecified atom stereocenters. The molecule has 10 nitrogen and oxygen atoms in total. The first kappa shape index (κ1) is 27.6. The molecule has 2 aromatic heterocycles. The van der Waals surface area contributed by atoms with E-state index in [1.54, 1.807) is 10.6 Å². The third-order valence-corrected chi connectivity index (χ3v) is 7.43. The predicted octanol–water partition coefficient (Wildman–Crippen LogP) is 5.62. The highest BCUT2D eigenvalue weighted by Crippen LogP contribution is 2.32. The second-order valence-electron chi connectivity index (χ2n) is 10.3. The molecule has 13 heteroatoms. The molecular weight excluding hydrogens is 555 g/mol. The van der Waals surface area contributed by atoms with E-state index in [0.29, 0.717) is 43.2 Å². The zero-order valence-electron chi connectivity index (χ0n) is 22.5. The molecule has 0 amide bonds. The Balaban J connectivity index is 0.959. The van der Waals surface area contributed by atoms with Gasteiger partial charge in [-0.1, -0.05) is 12.1 Å². The van der Waals surface area contributed by atoms with Crippen LogP contribution in [-0.2, 0) is 19.3 Å². The second-order valence-corrected chi connectivity index (χ2v) is 10.3. The second kappa shape index (κ2) is 11.4. The number of alkyl halides is 3. The Bertz CT molecular complexity index is 1530. The van der Waals surface area contributed by atoms with Gasteiger partial charge in [0.2, 0.25) is 0 Å². The van der Waals surface area contributed by atoms with Crippen LogP contribution in [0.3, 0.4) is 0 Å². The molecule has 0 aliphatic carbocycles. The number of nitrogens with zero attached hydrogens (tertiary/aromatic N) is 5. The van der Waals surface area contributed by atoms with Gasteiger partial charge in [-0.25, -0.2) is 0 Å². The molecule has 0 spiro atoms. The van der Waals surface area contributed by atoms with Crippen LogP contribution >= 0.6 is 0 Å². The van der Waals surface area contributed by atoms with Gasteiger partial charge in [0.15, 0.2) is 0 Å². The van der Waals surface area contributed by atoms with Gasteiger partial charge in [0.1, 0.15) is 36.2 Å². The average molecular weight is 584 g/mol. The first-order valence-electron chi connectivity index (χ1n) is 13.6. The van der Waals surface area contributed by atoms with Crippen molar-refractivity contribution in [3.8, 4) is 23.1 Å². The van der Waals surface area contributed by atoms with E-state index in [1.165, 1.54) is 18.3 Å². The number of imidazole rings is 1. The van der Waals surface area contributed by atoms with Crippen molar-refractivity contribution in [3.63, 3.8) is 0 Å². The van der Waals surface area contributed by atoms with Crippen LogP contribution in [-0.4, -0.2) is 58.3 Å². The predicted molar refractivity (Wildman–Crippen MR) is 146 cm³/mol. The normalized spacial score (nSPS) is 17.5. The van der Waals surface area contributed by atoms with E-state index in [0.717, 1.165) is 49.8 Å². The average Bonchev–Trinajstić information content (AvgIpc) is 3.64. The highest BCUT2D eigenvalue weighted by Gasteiger charge is 2.30. The number of benzene rings is 2. The summed E-state index contributed by atoms with van der Waals surface area (Å²) in [5.41, 5.74) is 1.02. The Kier molecular flexibility index (Phi) is 7.50. The lowest BCUT2D eigenvalue weighted by Crippen LogP contribution is -2.45. The van der Waals surface area contributed by atoms with Crippen molar-refractivity contribution in [3.05, 3.63) is 88.3 Å². The van der Waals surface area contributed by atoms with Crippen LogP contribution in [0, 0.1) is 10.1 Å². The van der Waals surface area contributed by atoms with E-state index in [1.807, 2.05) is 30.3 Å². The maximum Gasteiger partial charge on any atom is 0.416 e. The van der Waals surface area contributed by atoms with E-state index in [2.05, 4.69) is 14.8 Å². The lowest BCUT2D eigenvalue weighted by atomic mass is 10.1. The number of aryl methyl sites for hydroxylation is 1. The number of hydrogen-bond donors (Lipinski definition) is 0. The molecule has 1 saturated heterocycles. The van der Waals surface area contributed by atoms with Crippen molar-refractivity contribution >= 4 is 11.5 Å². The number of anilines is 1. The van der Waals surface area contributed by atoms with E-state index in [4.69, 9.17) is 13.9 Å². The maximum absolute atomic E-state index is 12.8. The molecule has 4 aromatic rings. The summed E-state index contributed by atoms with van der Waals surface area (Å²) in [4.78, 5) is 18.9. The summed E-state index contributed by atoms with van der Waals surface area (Å²) in [5.74, 6) is 1.80. The molecule has 2 aliphatic rings. The highest BCUT2D eigenvalue weighted by atomic mass is 19.4. The number of aromatic nitrogens is 2. The van der Waals surface area contributed by atoms with Crippen LogP contribution in [0.2, 0.25) is 0 Å². The number of furan rings is 1. The first-order valence-corrected chi connectivity index (χ1v) is 13.6. The number of nitro groups is 1. The van der Waals surface area contributed by atoms with Gasteiger partial charge in [-0.05, 0) is 53.5 Å². The summed E-state index contributed by atoms with van der Waals surface area (Å²) in [6.07, 6.45) is -2.56. The molecule has 4 heterocycles. The van der Waals surface area contributed by atoms with E-state index >= 15 is 0 Å². The van der Waals surface area contributed by atoms with Crippen molar-refractivity contribution in [2.45, 2.75) is 31.8 Å². The number of ether oxygens (including phenoxy) is 2. The van der Waals surface area contributed by atoms with Crippen LogP contribution in [0.25, 0.3) is 11.3 Å². The van der Waals surface area contributed by atoms with Gasteiger partial charge in [-0.3, -0.25) is 9.47 Å². The van der Waals surface area contributed by atoms with Crippen molar-refractivity contribution in [1.29, 1.82) is 0 Å². The van der Waals surface area contributed by atoms with Gasteiger partial charge in [-0.15, -0.1) is 0 Å². The van der Waals surface area contributed by atoms with Crippen LogP contribution in [0.15, 0.2) is 71.3 Å². The lowest BCUT2D eigenvalue weighted by molar-refractivity contribution is -0.389. The van der Waals surface area contributed by atoms with Crippen molar-refractivity contribution in [2.24, 2.45) is 0 Å². The van der Waals surface area contributed by atoms with Crippen LogP contribution in [0.1, 0.15) is 17.7 Å². The third kappa shape index (κ3) is 6.20. The summed E-state index contributed by atoms with van der Waals surface area (Å²) in [7, 11) is 0. The minimum Gasteiger partial charge on any atom is -0.490 e. The van der Waals surface area contributed by atoms with Gasteiger partial charge >= 0.3 is 18.0 Å². The summed E-state index contributed by atoms with van der Waals surface area (Å²) in [6, 6.07) is 16.8. The van der Waals surface area contributed by atoms with Gasteiger partial charge in [-0.2, -0.15) is 13.2 Å². The molecule has 0 bridgehead atoms. The maximum atomic E-state index is 12.8. The van der Waals surface area contributed by atoms with Gasteiger partial charge in [0, 0.05) is 55.4 Å². The Morgan fingerprint density at radius 2 is 1.71 bits per heavy atom. The quantitative estimate of drug-likeness (QED) is 0.195. The minimum absolute atomic E-state index is 0.227. The molecule has 0 saturated carbocycles. The number of halogens is 3. The third-order valence-electron chi connectivity index (χ3n) is 7.43. The minimum atomic E-state index is -4.36. The molecule has 42 heavy (non-hydrogen) atoms. The fourth-order valence-electron chi connectivity index (χ4n) is 5.10. The van der Waals surface area contributed by atoms with E-state index < -0.39 is 16.7 Å². The topological polar surface area (TPSA) is 99.0 Å². The number of rotatable bonds is 8. The van der Waals surface area contributed by atoms with Crippen molar-refractivity contribution < 1.29 is 32.0 Å². The lowest BCUT2D eigenvalue weighted by Gasteiger charge is -2.35. The number of piperazine rings is 1. The van der Waals surface area contributed by atoms with Crippen molar-refractivity contribution in [2.75, 3.05) is 37.7 Å². The molecule has 220 valence electrons. The Hall–Kier alpha value is -4.52. The molecule has 0 radical (unpaired) electrons. The summed E-state index contributed by atoms with van der Waals surface area (Å²) < 4.78 is 57.7. The van der Waals surface area contributed by atoms with Gasteiger partial charge < -0.3 is 28.9 Å². The SMILES string of the molecule is O=[N+]([O-])c1cn2c(n1)O[C@@H](COc1ccc(N3CCN(Cc4ccc(-c5ccc(C(F)(F)F)cc5)o4)CC3)cc1)CC2. The van der Waals surface area contributed by atoms with E-state index in [9.17, 15) is 23.3 Å². The largest absolute Gasteiger partial charge is 0.490 e. The first-order chi connectivity index (χ1) is 20.2. The fraction of sp³-hybridized carbons (Fsp3) is 0.345. The zero-order valence-corrected chi connectivity index (χ0v) is 22.5. The fourth-order valence-corrected chi connectivity index (χ4v) is 5.10. The standard InChI is InChI=1S/C29H28F3N5O5/c30-29(31,32)21-3-1-20(2-4-21)26-10-9-24(41-26)17-34-13-15-35(16-14-34)22-5-7-23(8-6-22)40-19-25-11-12-36-18-27(37(38)39)33-28(36)42-25/h1-10,18,25H,11-17,19H2/t25-/m1/s1. The molecule has 2 aromatic carbocycles. The molecule has 1 fully saturated rings. The monoisotopic (exact) mass is 583 g/mol. The zero-order chi connectivity index (χ0) is 29.3. The Labute approximate surface area is 239 Å². The van der Waals surface area contributed by atoms with Crippen LogP contribution in [0.5, 0.6) is 11.8 Å². The summed E-state index contributed by atoms with van der Waals surface area (Å²) in [5, 5.41) is 10.9. The Morgan fingerprint density at radius 3 is 2.40 bits per heavy atom. The van der Waals surface area contributed by atoms with E-state index in [-0.39, 0.29) is 17.9 Å². The molecular formula is C29H28F3N5O5. The summed E-state index contributed by atoms with van der Waals surface area (Å²) in [6.45, 7) is 4.85. The van der Waals surface area contributed by atoms with Crippen LogP contribution < -0.4 is 14.4 Å². The Morgan fingerprint density at radius 1 is 0.976 bits per heavy atom. The summed E-state index contributed by atoms with van der Waals surface area (Å²) >= 11 is 0. The smallest absolute Gasteiger partial charge is 0.416 e.